The monoisotopic (exact) mass is 328 g/mol. The molecule has 10 heteroatoms. The summed E-state index contributed by atoms with van der Waals surface area (Å²) >= 11 is 0. The molecule has 0 amide bonds. The summed E-state index contributed by atoms with van der Waals surface area (Å²) in [6.07, 6.45) is -4.66. The second-order valence-corrected chi connectivity index (χ2v) is 4.61. The number of rotatable bonds is 14. The third-order valence-electron chi connectivity index (χ3n) is 2.32. The Balaban J connectivity index is 3.54. The summed E-state index contributed by atoms with van der Waals surface area (Å²) in [7, 11) is 0. The Kier molecular flexibility index (Phi) is 12.2. The van der Waals surface area contributed by atoms with E-state index in [1.807, 2.05) is 0 Å². The van der Waals surface area contributed by atoms with E-state index in [2.05, 4.69) is 0 Å². The number of aliphatic hydroxyl groups is 5. The average molecular weight is 328 g/mol. The van der Waals surface area contributed by atoms with Crippen LogP contribution in [0.4, 0.5) is 0 Å². The Morgan fingerprint density at radius 2 is 1.09 bits per heavy atom. The van der Waals surface area contributed by atoms with Gasteiger partial charge < -0.3 is 44.8 Å². The fourth-order valence-corrected chi connectivity index (χ4v) is 1.22. The van der Waals surface area contributed by atoms with Crippen molar-refractivity contribution in [3.63, 3.8) is 0 Å². The fourth-order valence-electron chi connectivity index (χ4n) is 1.22. The molecular formula is C12H24O10. The van der Waals surface area contributed by atoms with Gasteiger partial charge in [-0.05, 0) is 0 Å². The van der Waals surface area contributed by atoms with Crippen LogP contribution >= 0.6 is 0 Å². The van der Waals surface area contributed by atoms with Crippen molar-refractivity contribution in [1.82, 2.24) is 0 Å². The van der Waals surface area contributed by atoms with Gasteiger partial charge in [0.2, 0.25) is 0 Å². The lowest BCUT2D eigenvalue weighted by atomic mass is 10.3. The molecule has 0 fully saturated rings. The van der Waals surface area contributed by atoms with Crippen molar-refractivity contribution in [2.75, 3.05) is 46.2 Å². The van der Waals surface area contributed by atoms with E-state index in [0.717, 1.165) is 0 Å². The molecule has 0 saturated carbocycles. The Hall–Kier alpha value is -0.850. The minimum atomic E-state index is -1.65. The fraction of sp³-hybridized carbons (Fsp3) is 0.917. The van der Waals surface area contributed by atoms with Crippen LogP contribution in [-0.2, 0) is 19.0 Å². The van der Waals surface area contributed by atoms with E-state index < -0.39 is 43.6 Å². The number of carboxylic acid groups (broad SMARTS) is 1. The molecule has 6 N–H and O–H groups in total. The lowest BCUT2D eigenvalue weighted by Gasteiger charge is -2.16. The van der Waals surface area contributed by atoms with Gasteiger partial charge in [-0.2, -0.15) is 0 Å². The van der Waals surface area contributed by atoms with Crippen molar-refractivity contribution in [2.24, 2.45) is 0 Å². The first kappa shape index (κ1) is 21.1. The summed E-state index contributed by atoms with van der Waals surface area (Å²) < 4.78 is 14.7. The third kappa shape index (κ3) is 11.8. The Bertz CT molecular complexity index is 287. The number of carbonyl (C=O) groups is 1. The zero-order valence-electron chi connectivity index (χ0n) is 12.1. The van der Waals surface area contributed by atoms with Gasteiger partial charge in [-0.3, -0.25) is 0 Å². The highest BCUT2D eigenvalue weighted by Crippen LogP contribution is 1.94. The molecule has 0 aliphatic rings. The molecule has 0 rings (SSSR count). The molecule has 22 heavy (non-hydrogen) atoms. The molecule has 0 aromatic carbocycles. The Morgan fingerprint density at radius 3 is 1.45 bits per heavy atom. The number of hydrogen-bond acceptors (Lipinski definition) is 9. The van der Waals surface area contributed by atoms with Crippen LogP contribution in [0.25, 0.3) is 0 Å². The van der Waals surface area contributed by atoms with Crippen molar-refractivity contribution in [3.8, 4) is 0 Å². The summed E-state index contributed by atoms with van der Waals surface area (Å²) in [5.41, 5.74) is 0. The Labute approximate surface area is 127 Å². The van der Waals surface area contributed by atoms with Gasteiger partial charge in [-0.1, -0.05) is 0 Å². The molecule has 0 radical (unpaired) electrons. The molecule has 0 saturated heterocycles. The van der Waals surface area contributed by atoms with E-state index in [-0.39, 0.29) is 33.0 Å². The predicted octanol–water partition coefficient (Wildman–Crippen LogP) is -3.44. The van der Waals surface area contributed by atoms with Crippen molar-refractivity contribution in [2.45, 2.75) is 24.4 Å². The van der Waals surface area contributed by atoms with Gasteiger partial charge >= 0.3 is 5.97 Å². The topological polar surface area (TPSA) is 166 Å². The molecule has 0 aliphatic heterocycles. The zero-order chi connectivity index (χ0) is 17.0. The van der Waals surface area contributed by atoms with Crippen LogP contribution in [0.15, 0.2) is 0 Å². The molecule has 4 atom stereocenters. The van der Waals surface area contributed by atoms with Gasteiger partial charge in [0.15, 0.2) is 6.10 Å². The van der Waals surface area contributed by atoms with E-state index in [1.54, 1.807) is 0 Å². The van der Waals surface area contributed by atoms with E-state index in [1.165, 1.54) is 0 Å². The maximum atomic E-state index is 10.3. The number of hydrogen-bond donors (Lipinski definition) is 6. The number of carboxylic acids is 1. The summed E-state index contributed by atoms with van der Waals surface area (Å²) in [6, 6.07) is 0. The summed E-state index contributed by atoms with van der Waals surface area (Å²) in [4.78, 5) is 10.3. The molecule has 132 valence electrons. The van der Waals surface area contributed by atoms with Crippen LogP contribution in [0.2, 0.25) is 0 Å². The molecule has 0 bridgehead atoms. The highest BCUT2D eigenvalue weighted by molar-refractivity contribution is 5.71. The predicted molar refractivity (Wildman–Crippen MR) is 71.2 cm³/mol. The number of ether oxygens (including phenoxy) is 3. The van der Waals surface area contributed by atoms with Gasteiger partial charge in [0.1, 0.15) is 18.3 Å². The first-order chi connectivity index (χ1) is 10.4. The number of aliphatic hydroxyl groups excluding tert-OH is 5. The number of aliphatic carboxylic acids is 1. The highest BCUT2D eigenvalue weighted by Gasteiger charge is 2.14. The van der Waals surface area contributed by atoms with Crippen molar-refractivity contribution in [1.29, 1.82) is 0 Å². The average Bonchev–Trinajstić information content (AvgIpc) is 2.46. The van der Waals surface area contributed by atoms with Gasteiger partial charge in [0, 0.05) is 0 Å². The second kappa shape index (κ2) is 12.7. The minimum absolute atomic E-state index is 0.103. The maximum absolute atomic E-state index is 10.3. The van der Waals surface area contributed by atoms with Gasteiger partial charge in [-0.15, -0.1) is 0 Å². The van der Waals surface area contributed by atoms with Crippen molar-refractivity contribution in [3.05, 3.63) is 0 Å². The van der Waals surface area contributed by atoms with Gasteiger partial charge in [-0.25, -0.2) is 4.79 Å². The van der Waals surface area contributed by atoms with E-state index in [0.29, 0.717) is 0 Å². The van der Waals surface area contributed by atoms with Crippen molar-refractivity contribution < 1.29 is 49.6 Å². The van der Waals surface area contributed by atoms with Crippen molar-refractivity contribution >= 4 is 5.97 Å². The maximum Gasteiger partial charge on any atom is 0.334 e. The minimum Gasteiger partial charge on any atom is -0.479 e. The zero-order valence-corrected chi connectivity index (χ0v) is 12.1. The molecule has 0 aromatic rings. The summed E-state index contributed by atoms with van der Waals surface area (Å²) in [6.45, 7) is -1.60. The van der Waals surface area contributed by atoms with Gasteiger partial charge in [0.25, 0.3) is 0 Å². The second-order valence-electron chi connectivity index (χ2n) is 4.61. The summed E-state index contributed by atoms with van der Waals surface area (Å²) in [5.74, 6) is -1.42. The normalized spacial score (nSPS) is 17.0. The standard InChI is InChI=1S/C12H24O10/c13-1-8(14)2-20-3-9(15)4-21-5-10(16)6-22-7-11(17)12(18)19/h8-11,13-17H,1-7H2,(H,18,19). The molecule has 0 heterocycles. The molecule has 0 aliphatic carbocycles. The molecule has 0 aromatic heterocycles. The quantitative estimate of drug-likeness (QED) is 0.189. The highest BCUT2D eigenvalue weighted by atomic mass is 16.5. The Morgan fingerprint density at radius 1 is 0.727 bits per heavy atom. The lowest BCUT2D eigenvalue weighted by Crippen LogP contribution is -2.31. The van der Waals surface area contributed by atoms with Crippen LogP contribution in [0, 0.1) is 0 Å². The third-order valence-corrected chi connectivity index (χ3v) is 2.32. The SMILES string of the molecule is O=C(O)C(O)COCC(O)COCC(O)COCC(O)CO. The van der Waals surface area contributed by atoms with Crippen LogP contribution in [0.1, 0.15) is 0 Å². The molecular weight excluding hydrogens is 304 g/mol. The van der Waals surface area contributed by atoms with E-state index in [9.17, 15) is 15.0 Å². The molecule has 0 spiro atoms. The first-order valence-electron chi connectivity index (χ1n) is 6.66. The van der Waals surface area contributed by atoms with Gasteiger partial charge in [0.05, 0.1) is 46.2 Å². The molecule has 4 unspecified atom stereocenters. The first-order valence-corrected chi connectivity index (χ1v) is 6.66. The summed E-state index contributed by atoms with van der Waals surface area (Å²) in [5, 5.41) is 53.7. The lowest BCUT2D eigenvalue weighted by molar-refractivity contribution is -0.150. The van der Waals surface area contributed by atoms with Crippen LogP contribution in [0.5, 0.6) is 0 Å². The molecule has 10 nitrogen and oxygen atoms in total. The van der Waals surface area contributed by atoms with E-state index >= 15 is 0 Å². The van der Waals surface area contributed by atoms with Crippen LogP contribution < -0.4 is 0 Å². The smallest absolute Gasteiger partial charge is 0.334 e. The largest absolute Gasteiger partial charge is 0.479 e. The van der Waals surface area contributed by atoms with Crippen LogP contribution in [-0.4, -0.2) is 107 Å². The van der Waals surface area contributed by atoms with Crippen LogP contribution in [0.3, 0.4) is 0 Å². The van der Waals surface area contributed by atoms with E-state index in [4.69, 9.17) is 34.6 Å².